The largest absolute Gasteiger partial charge is 0.480 e. The molecule has 0 amide bonds. The highest BCUT2D eigenvalue weighted by Crippen LogP contribution is 2.12. The maximum absolute atomic E-state index is 13.2. The molecule has 4 nitrogen and oxygen atoms in total. The summed E-state index contributed by atoms with van der Waals surface area (Å²) in [5.74, 6) is -3.38. The van der Waals surface area contributed by atoms with Crippen molar-refractivity contribution in [1.82, 2.24) is 5.32 Å². The van der Waals surface area contributed by atoms with Crippen LogP contribution in [-0.2, 0) is 4.79 Å². The Morgan fingerprint density at radius 3 is 2.65 bits per heavy atom. The van der Waals surface area contributed by atoms with Gasteiger partial charge in [0.15, 0.2) is 5.78 Å². The second-order valence-corrected chi connectivity index (χ2v) is 3.48. The minimum absolute atomic E-state index is 0.393. The van der Waals surface area contributed by atoms with E-state index in [1.165, 1.54) is 6.92 Å². The number of carbonyl (C=O) groups is 2. The van der Waals surface area contributed by atoms with E-state index in [1.54, 1.807) is 0 Å². The molecule has 0 aromatic heterocycles. The summed E-state index contributed by atoms with van der Waals surface area (Å²) >= 11 is 0. The average Bonchev–Trinajstić information content (AvgIpc) is 2.28. The summed E-state index contributed by atoms with van der Waals surface area (Å²) in [6.45, 7) is 0.958. The smallest absolute Gasteiger partial charge is 0.317 e. The van der Waals surface area contributed by atoms with Gasteiger partial charge in [-0.15, -0.1) is 0 Å². The Labute approximate surface area is 96.3 Å². The quantitative estimate of drug-likeness (QED) is 0.763. The molecule has 0 bridgehead atoms. The molecule has 92 valence electrons. The Kier molecular flexibility index (Phi) is 4.28. The summed E-state index contributed by atoms with van der Waals surface area (Å²) in [5, 5.41) is 10.8. The van der Waals surface area contributed by atoms with Crippen LogP contribution in [0.4, 0.5) is 8.78 Å². The number of hydrogen-bond acceptors (Lipinski definition) is 3. The number of carboxylic acids is 1. The van der Waals surface area contributed by atoms with E-state index in [0.29, 0.717) is 0 Å². The number of nitrogens with one attached hydrogen (secondary N) is 1. The molecule has 1 aromatic carbocycles. The van der Waals surface area contributed by atoms with E-state index in [-0.39, 0.29) is 0 Å². The van der Waals surface area contributed by atoms with Gasteiger partial charge in [0.25, 0.3) is 0 Å². The van der Waals surface area contributed by atoms with Crippen molar-refractivity contribution in [2.45, 2.75) is 13.0 Å². The lowest BCUT2D eigenvalue weighted by Gasteiger charge is -2.11. The van der Waals surface area contributed by atoms with Crippen LogP contribution in [0, 0.1) is 11.6 Å². The van der Waals surface area contributed by atoms with Crippen LogP contribution in [0.5, 0.6) is 0 Å². The highest BCUT2D eigenvalue weighted by Gasteiger charge is 2.19. The molecule has 17 heavy (non-hydrogen) atoms. The molecule has 0 aliphatic heterocycles. The first kappa shape index (κ1) is 13.2. The van der Waals surface area contributed by atoms with E-state index in [0.717, 1.165) is 18.2 Å². The third-order valence-electron chi connectivity index (χ3n) is 2.15. The lowest BCUT2D eigenvalue weighted by Crippen LogP contribution is -2.37. The van der Waals surface area contributed by atoms with Crippen molar-refractivity contribution >= 4 is 11.8 Å². The van der Waals surface area contributed by atoms with Gasteiger partial charge in [0.2, 0.25) is 0 Å². The first-order valence-electron chi connectivity index (χ1n) is 4.86. The SMILES string of the molecule is CC(NCC(=O)O)C(=O)c1cc(F)ccc1F. The van der Waals surface area contributed by atoms with E-state index in [4.69, 9.17) is 5.11 Å². The van der Waals surface area contributed by atoms with Gasteiger partial charge < -0.3 is 5.11 Å². The lowest BCUT2D eigenvalue weighted by molar-refractivity contribution is -0.136. The van der Waals surface area contributed by atoms with Gasteiger partial charge in [-0.3, -0.25) is 14.9 Å². The summed E-state index contributed by atoms with van der Waals surface area (Å²) in [6, 6.07) is 1.65. The molecule has 0 saturated carbocycles. The number of Topliss-reactive ketones (excluding diaryl/α,β-unsaturated/α-hetero) is 1. The van der Waals surface area contributed by atoms with Gasteiger partial charge in [-0.2, -0.15) is 0 Å². The van der Waals surface area contributed by atoms with Crippen LogP contribution in [-0.4, -0.2) is 29.4 Å². The fourth-order valence-electron chi connectivity index (χ4n) is 1.25. The minimum atomic E-state index is -1.13. The molecule has 0 saturated heterocycles. The standard InChI is InChI=1S/C11H11F2NO3/c1-6(14-5-10(15)16)11(17)8-4-7(12)2-3-9(8)13/h2-4,6,14H,5H2,1H3,(H,15,16). The van der Waals surface area contributed by atoms with Crippen molar-refractivity contribution in [3.63, 3.8) is 0 Å². The number of carbonyl (C=O) groups excluding carboxylic acids is 1. The van der Waals surface area contributed by atoms with Crippen LogP contribution in [0.3, 0.4) is 0 Å². The number of rotatable bonds is 5. The zero-order valence-corrected chi connectivity index (χ0v) is 9.04. The van der Waals surface area contributed by atoms with Crippen LogP contribution >= 0.6 is 0 Å². The minimum Gasteiger partial charge on any atom is -0.480 e. The van der Waals surface area contributed by atoms with Gasteiger partial charge >= 0.3 is 5.97 Å². The first-order chi connectivity index (χ1) is 7.91. The monoisotopic (exact) mass is 243 g/mol. The van der Waals surface area contributed by atoms with E-state index >= 15 is 0 Å². The zero-order chi connectivity index (χ0) is 13.0. The van der Waals surface area contributed by atoms with E-state index in [2.05, 4.69) is 5.32 Å². The summed E-state index contributed by atoms with van der Waals surface area (Å²) in [6.07, 6.45) is 0. The molecule has 0 fully saturated rings. The van der Waals surface area contributed by atoms with Gasteiger partial charge in [-0.25, -0.2) is 8.78 Å². The Morgan fingerprint density at radius 2 is 2.06 bits per heavy atom. The van der Waals surface area contributed by atoms with Crippen LogP contribution < -0.4 is 5.32 Å². The average molecular weight is 243 g/mol. The predicted molar refractivity (Wildman–Crippen MR) is 55.8 cm³/mol. The second-order valence-electron chi connectivity index (χ2n) is 3.48. The Hall–Kier alpha value is -1.82. The van der Waals surface area contributed by atoms with Crippen LogP contribution in [0.2, 0.25) is 0 Å². The van der Waals surface area contributed by atoms with Crippen molar-refractivity contribution in [3.8, 4) is 0 Å². The number of benzene rings is 1. The van der Waals surface area contributed by atoms with E-state index in [9.17, 15) is 18.4 Å². The summed E-state index contributed by atoms with van der Waals surface area (Å²) in [4.78, 5) is 21.9. The molecule has 1 atom stereocenters. The Morgan fingerprint density at radius 1 is 1.41 bits per heavy atom. The molecule has 1 aromatic rings. The number of carboxylic acid groups (broad SMARTS) is 1. The summed E-state index contributed by atoms with van der Waals surface area (Å²) in [5.41, 5.74) is -0.393. The molecule has 6 heteroatoms. The molecule has 0 heterocycles. The molecule has 0 aliphatic carbocycles. The molecule has 1 unspecified atom stereocenters. The maximum Gasteiger partial charge on any atom is 0.317 e. The maximum atomic E-state index is 13.2. The van der Waals surface area contributed by atoms with Crippen molar-refractivity contribution in [1.29, 1.82) is 0 Å². The zero-order valence-electron chi connectivity index (χ0n) is 9.04. The fourth-order valence-corrected chi connectivity index (χ4v) is 1.25. The predicted octanol–water partition coefficient (Wildman–Crippen LogP) is 1.21. The Balaban J connectivity index is 2.81. The van der Waals surface area contributed by atoms with Crippen molar-refractivity contribution < 1.29 is 23.5 Å². The van der Waals surface area contributed by atoms with Crippen molar-refractivity contribution in [2.75, 3.05) is 6.54 Å². The molecule has 2 N–H and O–H groups in total. The molecular weight excluding hydrogens is 232 g/mol. The molecular formula is C11H11F2NO3. The number of ketones is 1. The lowest BCUT2D eigenvalue weighted by atomic mass is 10.0. The molecule has 0 aliphatic rings. The first-order valence-corrected chi connectivity index (χ1v) is 4.86. The third kappa shape index (κ3) is 3.60. The third-order valence-corrected chi connectivity index (χ3v) is 2.15. The molecule has 0 spiro atoms. The summed E-state index contributed by atoms with van der Waals surface area (Å²) < 4.78 is 26.1. The number of aliphatic carboxylic acids is 1. The van der Waals surface area contributed by atoms with Crippen molar-refractivity contribution in [3.05, 3.63) is 35.4 Å². The van der Waals surface area contributed by atoms with Gasteiger partial charge in [-0.05, 0) is 25.1 Å². The normalized spacial score (nSPS) is 12.2. The van der Waals surface area contributed by atoms with Gasteiger partial charge in [-0.1, -0.05) is 0 Å². The molecule has 0 radical (unpaired) electrons. The van der Waals surface area contributed by atoms with E-state index in [1.807, 2.05) is 0 Å². The molecule has 1 rings (SSSR count). The number of halogens is 2. The number of hydrogen-bond donors (Lipinski definition) is 2. The highest BCUT2D eigenvalue weighted by atomic mass is 19.1. The van der Waals surface area contributed by atoms with Crippen LogP contribution in [0.25, 0.3) is 0 Å². The Bertz CT molecular complexity index is 448. The topological polar surface area (TPSA) is 66.4 Å². The second kappa shape index (κ2) is 5.49. The van der Waals surface area contributed by atoms with Crippen LogP contribution in [0.1, 0.15) is 17.3 Å². The van der Waals surface area contributed by atoms with Crippen molar-refractivity contribution in [2.24, 2.45) is 0 Å². The van der Waals surface area contributed by atoms with E-state index < -0.39 is 41.5 Å². The van der Waals surface area contributed by atoms with Crippen LogP contribution in [0.15, 0.2) is 18.2 Å². The highest BCUT2D eigenvalue weighted by molar-refractivity contribution is 6.00. The van der Waals surface area contributed by atoms with Gasteiger partial charge in [0.05, 0.1) is 18.2 Å². The van der Waals surface area contributed by atoms with Gasteiger partial charge in [0.1, 0.15) is 11.6 Å². The summed E-state index contributed by atoms with van der Waals surface area (Å²) in [7, 11) is 0. The fraction of sp³-hybridized carbons (Fsp3) is 0.273. The van der Waals surface area contributed by atoms with Gasteiger partial charge in [0, 0.05) is 0 Å².